The van der Waals surface area contributed by atoms with Gasteiger partial charge in [-0.1, -0.05) is 6.07 Å². The average Bonchev–Trinajstić information content (AvgIpc) is 3.07. The highest BCUT2D eigenvalue weighted by molar-refractivity contribution is 5.94. The topological polar surface area (TPSA) is 46.9 Å². The van der Waals surface area contributed by atoms with Gasteiger partial charge in [0.05, 0.1) is 12.1 Å². The number of carbonyl (C=O) groups excluding carboxylic acids is 1. The number of hydrogen-bond donors (Lipinski definition) is 0. The van der Waals surface area contributed by atoms with Crippen LogP contribution in [0.25, 0.3) is 0 Å². The summed E-state index contributed by atoms with van der Waals surface area (Å²) in [5.41, 5.74) is 2.08. The number of hydrogen-bond acceptors (Lipinski definition) is 4. The van der Waals surface area contributed by atoms with Crippen molar-refractivity contribution in [2.45, 2.75) is 31.5 Å². The van der Waals surface area contributed by atoms with Crippen LogP contribution in [0.15, 0.2) is 36.5 Å². The van der Waals surface area contributed by atoms with Crippen LogP contribution in [0, 0.1) is 5.92 Å². The first-order chi connectivity index (χ1) is 13.3. The van der Waals surface area contributed by atoms with Gasteiger partial charge in [0.25, 0.3) is 5.91 Å². The zero-order valence-electron chi connectivity index (χ0n) is 15.2. The maximum Gasteiger partial charge on any atom is 0.270 e. The Bertz CT molecular complexity index is 904. The van der Waals surface area contributed by atoms with Crippen LogP contribution in [0.5, 0.6) is 11.5 Å². The van der Waals surface area contributed by atoms with Gasteiger partial charge in [0.2, 0.25) is 6.79 Å². The number of fused-ring (bicyclic) bond motifs is 4. The number of rotatable bonds is 4. The molecule has 1 saturated heterocycles. The van der Waals surface area contributed by atoms with E-state index < -0.39 is 0 Å². The lowest BCUT2D eigenvalue weighted by Crippen LogP contribution is -2.51. The Kier molecular flexibility index (Phi) is 3.32. The van der Waals surface area contributed by atoms with Crippen LogP contribution in [-0.2, 0) is 6.54 Å². The molecule has 2 unspecified atom stereocenters. The van der Waals surface area contributed by atoms with Crippen molar-refractivity contribution in [3.05, 3.63) is 47.8 Å². The lowest BCUT2D eigenvalue weighted by Gasteiger charge is -2.38. The van der Waals surface area contributed by atoms with E-state index in [0.717, 1.165) is 43.4 Å². The fourth-order valence-corrected chi connectivity index (χ4v) is 4.81. The van der Waals surface area contributed by atoms with E-state index in [9.17, 15) is 4.79 Å². The normalized spacial score (nSPS) is 26.4. The van der Waals surface area contributed by atoms with Crippen molar-refractivity contribution >= 4 is 5.91 Å². The predicted molar refractivity (Wildman–Crippen MR) is 98.9 cm³/mol. The van der Waals surface area contributed by atoms with E-state index in [0.29, 0.717) is 18.8 Å². The van der Waals surface area contributed by atoms with E-state index in [-0.39, 0.29) is 11.9 Å². The molecule has 0 spiro atoms. The second-order valence-corrected chi connectivity index (χ2v) is 8.22. The number of benzene rings is 1. The van der Waals surface area contributed by atoms with Crippen molar-refractivity contribution in [1.29, 1.82) is 0 Å². The first-order valence-electron chi connectivity index (χ1n) is 9.85. The molecule has 0 N–H and O–H groups in total. The van der Waals surface area contributed by atoms with Crippen LogP contribution in [-0.4, -0.2) is 52.7 Å². The van der Waals surface area contributed by atoms with Crippen LogP contribution >= 0.6 is 0 Å². The molecule has 6 rings (SSSR count). The first kappa shape index (κ1) is 15.6. The molecule has 0 radical (unpaired) electrons. The summed E-state index contributed by atoms with van der Waals surface area (Å²) in [6.45, 7) is 3.99. The average molecular weight is 365 g/mol. The standard InChI is InChI=1S/C21H23N3O3/c25-21-16-2-1-7-23(16)17-11-22(12-18(17)24(21)10-14-3-4-14)9-15-5-6-19-20(8-15)27-13-26-19/h1-2,5-8,14,17-18H,3-4,9-13H2. The maximum absolute atomic E-state index is 13.0. The van der Waals surface area contributed by atoms with Gasteiger partial charge in [0.15, 0.2) is 11.5 Å². The lowest BCUT2D eigenvalue weighted by atomic mass is 10.1. The Hall–Kier alpha value is -2.47. The smallest absolute Gasteiger partial charge is 0.270 e. The molecule has 1 aromatic carbocycles. The van der Waals surface area contributed by atoms with E-state index >= 15 is 0 Å². The molecule has 6 heteroatoms. The molecule has 4 aliphatic rings. The summed E-state index contributed by atoms with van der Waals surface area (Å²) in [5.74, 6) is 2.58. The Labute approximate surface area is 158 Å². The molecule has 4 heterocycles. The van der Waals surface area contributed by atoms with Crippen LogP contribution in [0.2, 0.25) is 0 Å². The van der Waals surface area contributed by atoms with Crippen molar-refractivity contribution in [3.8, 4) is 11.5 Å². The van der Waals surface area contributed by atoms with Crippen molar-refractivity contribution in [2.75, 3.05) is 26.4 Å². The Morgan fingerprint density at radius 1 is 1.04 bits per heavy atom. The molecule has 1 aromatic heterocycles. The molecule has 1 saturated carbocycles. The highest BCUT2D eigenvalue weighted by Gasteiger charge is 2.46. The second-order valence-electron chi connectivity index (χ2n) is 8.22. The quantitative estimate of drug-likeness (QED) is 0.835. The summed E-state index contributed by atoms with van der Waals surface area (Å²) in [6.07, 6.45) is 4.61. The van der Waals surface area contributed by atoms with E-state index in [2.05, 4.69) is 32.7 Å². The second kappa shape index (κ2) is 5.76. The van der Waals surface area contributed by atoms with Gasteiger partial charge in [-0.15, -0.1) is 0 Å². The molecule has 1 amide bonds. The van der Waals surface area contributed by atoms with E-state index in [1.54, 1.807) is 0 Å². The first-order valence-corrected chi connectivity index (χ1v) is 9.85. The molecular weight excluding hydrogens is 342 g/mol. The summed E-state index contributed by atoms with van der Waals surface area (Å²) in [5, 5.41) is 0. The zero-order valence-corrected chi connectivity index (χ0v) is 15.2. The highest BCUT2D eigenvalue weighted by Crippen LogP contribution is 2.39. The Morgan fingerprint density at radius 2 is 1.89 bits per heavy atom. The summed E-state index contributed by atoms with van der Waals surface area (Å²) >= 11 is 0. The molecular formula is C21H23N3O3. The molecule has 2 atom stereocenters. The van der Waals surface area contributed by atoms with Crippen molar-refractivity contribution < 1.29 is 14.3 Å². The lowest BCUT2D eigenvalue weighted by molar-refractivity contribution is 0.0565. The van der Waals surface area contributed by atoms with Gasteiger partial charge in [-0.05, 0) is 48.6 Å². The number of likely N-dealkylation sites (tertiary alicyclic amines) is 1. The molecule has 2 fully saturated rings. The zero-order chi connectivity index (χ0) is 18.0. The molecule has 0 bridgehead atoms. The number of carbonyl (C=O) groups is 1. The molecule has 6 nitrogen and oxygen atoms in total. The third-order valence-corrected chi connectivity index (χ3v) is 6.35. The van der Waals surface area contributed by atoms with Gasteiger partial charge in [-0.25, -0.2) is 0 Å². The molecule has 3 aliphatic heterocycles. The third-order valence-electron chi connectivity index (χ3n) is 6.35. The number of ether oxygens (including phenoxy) is 2. The molecule has 140 valence electrons. The Balaban J connectivity index is 1.26. The van der Waals surface area contributed by atoms with Gasteiger partial charge in [-0.2, -0.15) is 0 Å². The number of amides is 1. The van der Waals surface area contributed by atoms with Gasteiger partial charge < -0.3 is 18.9 Å². The molecule has 2 aromatic rings. The van der Waals surface area contributed by atoms with Gasteiger partial charge >= 0.3 is 0 Å². The van der Waals surface area contributed by atoms with Crippen LogP contribution in [0.1, 0.15) is 34.9 Å². The molecule has 27 heavy (non-hydrogen) atoms. The summed E-state index contributed by atoms with van der Waals surface area (Å²) in [4.78, 5) is 17.7. The van der Waals surface area contributed by atoms with E-state index in [1.165, 1.54) is 18.4 Å². The summed E-state index contributed by atoms with van der Waals surface area (Å²) in [7, 11) is 0. The minimum atomic E-state index is 0.207. The van der Waals surface area contributed by atoms with E-state index in [1.807, 2.05) is 18.2 Å². The third kappa shape index (κ3) is 2.54. The summed E-state index contributed by atoms with van der Waals surface area (Å²) < 4.78 is 13.1. The van der Waals surface area contributed by atoms with Crippen molar-refractivity contribution in [1.82, 2.24) is 14.4 Å². The minimum Gasteiger partial charge on any atom is -0.454 e. The van der Waals surface area contributed by atoms with Crippen LogP contribution in [0.3, 0.4) is 0 Å². The predicted octanol–water partition coefficient (Wildman–Crippen LogP) is 2.51. The maximum atomic E-state index is 13.0. The largest absolute Gasteiger partial charge is 0.454 e. The molecule has 1 aliphatic carbocycles. The highest BCUT2D eigenvalue weighted by atomic mass is 16.7. The number of nitrogens with zero attached hydrogens (tertiary/aromatic N) is 3. The van der Waals surface area contributed by atoms with Crippen LogP contribution in [0.4, 0.5) is 0 Å². The van der Waals surface area contributed by atoms with Gasteiger partial charge in [-0.3, -0.25) is 9.69 Å². The monoisotopic (exact) mass is 365 g/mol. The van der Waals surface area contributed by atoms with Crippen molar-refractivity contribution in [2.24, 2.45) is 5.92 Å². The summed E-state index contributed by atoms with van der Waals surface area (Å²) in [6, 6.07) is 10.8. The number of aromatic nitrogens is 1. The van der Waals surface area contributed by atoms with Crippen molar-refractivity contribution in [3.63, 3.8) is 0 Å². The van der Waals surface area contributed by atoms with Crippen LogP contribution < -0.4 is 9.47 Å². The van der Waals surface area contributed by atoms with E-state index in [4.69, 9.17) is 9.47 Å². The van der Waals surface area contributed by atoms with Gasteiger partial charge in [0.1, 0.15) is 5.69 Å². The minimum absolute atomic E-state index is 0.207. The SMILES string of the molecule is O=C1c2cccn2C2CN(Cc3ccc4c(c3)OCO4)CC2N1CC1CC1. The fourth-order valence-electron chi connectivity index (χ4n) is 4.81. The fraction of sp³-hybridized carbons (Fsp3) is 0.476. The Morgan fingerprint density at radius 3 is 2.78 bits per heavy atom. The van der Waals surface area contributed by atoms with Gasteiger partial charge in [0, 0.05) is 32.4 Å².